The summed E-state index contributed by atoms with van der Waals surface area (Å²) in [5.74, 6) is -0.196. The van der Waals surface area contributed by atoms with Crippen molar-refractivity contribution in [1.29, 1.82) is 0 Å². The third kappa shape index (κ3) is 6.89. The summed E-state index contributed by atoms with van der Waals surface area (Å²) in [6.07, 6.45) is 0.692. The molecule has 1 aliphatic heterocycles. The van der Waals surface area contributed by atoms with E-state index in [2.05, 4.69) is 10.1 Å². The lowest BCUT2D eigenvalue weighted by Gasteiger charge is -2.24. The highest BCUT2D eigenvalue weighted by Crippen LogP contribution is 2.46. The Balaban J connectivity index is 1.70. The van der Waals surface area contributed by atoms with Gasteiger partial charge in [0.25, 0.3) is 0 Å². The van der Waals surface area contributed by atoms with Gasteiger partial charge in [0.1, 0.15) is 23.8 Å². The molecule has 0 saturated carbocycles. The first kappa shape index (κ1) is 25.9. The van der Waals surface area contributed by atoms with E-state index in [1.165, 1.54) is 23.8 Å². The van der Waals surface area contributed by atoms with Crippen molar-refractivity contribution in [3.8, 4) is 5.75 Å². The van der Waals surface area contributed by atoms with Crippen molar-refractivity contribution in [1.82, 2.24) is 14.6 Å². The molecule has 12 heteroatoms. The van der Waals surface area contributed by atoms with Gasteiger partial charge in [-0.15, -0.1) is 0 Å². The van der Waals surface area contributed by atoms with Crippen molar-refractivity contribution in [2.75, 3.05) is 12.3 Å². The fourth-order valence-electron chi connectivity index (χ4n) is 3.50. The van der Waals surface area contributed by atoms with Crippen molar-refractivity contribution < 1.29 is 27.9 Å². The lowest BCUT2D eigenvalue weighted by atomic mass is 10.1. The lowest BCUT2D eigenvalue weighted by Crippen LogP contribution is -2.36. The number of ether oxygens (including phenoxy) is 2. The maximum Gasteiger partial charge on any atom is 0.459 e. The molecule has 1 fully saturated rings. The third-order valence-corrected chi connectivity index (χ3v) is 6.68. The quantitative estimate of drug-likeness (QED) is 0.374. The standard InChI is InChI=1S/C22H31N4O7P/c1-14(2)31-21(27)16(4)25-34(29,33-17-8-6-5-7-9-17)30-13-18-12-15(3)20(32-18)26-11-10-19(23)24-22(26)28/h5-11,14-16,18,20H,12-13H2,1-4H3,(H,25,29)(H2,23,24,28)/t15-,16+,18-,20+,34?/m0/s1. The van der Waals surface area contributed by atoms with Crippen LogP contribution in [0.25, 0.3) is 0 Å². The summed E-state index contributed by atoms with van der Waals surface area (Å²) >= 11 is 0. The molecule has 1 saturated heterocycles. The number of rotatable bonds is 10. The monoisotopic (exact) mass is 494 g/mol. The molecule has 34 heavy (non-hydrogen) atoms. The SMILES string of the molecule is CC(C)OC(=O)[C@@H](C)NP(=O)(OC[C@@H]1C[C@H](C)[C@H](n2ccc(N)nc2=O)O1)Oc1ccccc1. The Kier molecular flexibility index (Phi) is 8.48. The van der Waals surface area contributed by atoms with Gasteiger partial charge in [-0.05, 0) is 45.4 Å². The van der Waals surface area contributed by atoms with E-state index in [0.717, 1.165) is 0 Å². The third-order valence-electron chi connectivity index (χ3n) is 5.04. The summed E-state index contributed by atoms with van der Waals surface area (Å²) < 4.78 is 37.4. The van der Waals surface area contributed by atoms with E-state index < -0.39 is 37.8 Å². The Morgan fingerprint density at radius 3 is 2.65 bits per heavy atom. The number of nitrogens with one attached hydrogen (secondary N) is 1. The number of nitrogen functional groups attached to an aromatic ring is 1. The second kappa shape index (κ2) is 11.1. The van der Waals surface area contributed by atoms with E-state index in [1.54, 1.807) is 44.2 Å². The van der Waals surface area contributed by atoms with E-state index in [1.807, 2.05) is 6.92 Å². The molecule has 1 aromatic carbocycles. The molecular weight excluding hydrogens is 463 g/mol. The minimum absolute atomic E-state index is 0.0425. The molecule has 11 nitrogen and oxygen atoms in total. The second-order valence-corrected chi connectivity index (χ2v) is 10.1. The van der Waals surface area contributed by atoms with Crippen LogP contribution in [0.1, 0.15) is 40.3 Å². The predicted octanol–water partition coefficient (Wildman–Crippen LogP) is 2.88. The smallest absolute Gasteiger partial charge is 0.459 e. The zero-order chi connectivity index (χ0) is 24.9. The van der Waals surface area contributed by atoms with Crippen LogP contribution in [0.3, 0.4) is 0 Å². The van der Waals surface area contributed by atoms with Gasteiger partial charge in [0.05, 0.1) is 18.8 Å². The number of carbonyl (C=O) groups is 1. The average Bonchev–Trinajstić information content (AvgIpc) is 3.13. The Morgan fingerprint density at radius 1 is 1.29 bits per heavy atom. The number of carbonyl (C=O) groups excluding carboxylic acids is 1. The van der Waals surface area contributed by atoms with Crippen LogP contribution in [0.4, 0.5) is 5.82 Å². The molecule has 3 N–H and O–H groups in total. The molecule has 0 spiro atoms. The highest BCUT2D eigenvalue weighted by molar-refractivity contribution is 7.52. The van der Waals surface area contributed by atoms with Crippen molar-refractivity contribution in [3.63, 3.8) is 0 Å². The maximum absolute atomic E-state index is 13.6. The first-order valence-corrected chi connectivity index (χ1v) is 12.6. The van der Waals surface area contributed by atoms with Crippen molar-refractivity contribution in [3.05, 3.63) is 53.1 Å². The van der Waals surface area contributed by atoms with Crippen LogP contribution in [0.5, 0.6) is 5.75 Å². The van der Waals surface area contributed by atoms with E-state index in [4.69, 9.17) is 24.3 Å². The van der Waals surface area contributed by atoms with E-state index in [0.29, 0.717) is 12.2 Å². The fourth-order valence-corrected chi connectivity index (χ4v) is 5.02. The van der Waals surface area contributed by atoms with Gasteiger partial charge >= 0.3 is 19.4 Å². The highest BCUT2D eigenvalue weighted by atomic mass is 31.2. The van der Waals surface area contributed by atoms with Crippen LogP contribution in [0.2, 0.25) is 0 Å². The first-order valence-electron chi connectivity index (χ1n) is 11.0. The number of aromatic nitrogens is 2. The molecule has 1 unspecified atom stereocenters. The van der Waals surface area contributed by atoms with Crippen LogP contribution in [-0.4, -0.2) is 40.4 Å². The van der Waals surface area contributed by atoms with Crippen LogP contribution in [0.15, 0.2) is 47.4 Å². The number of nitrogens with zero attached hydrogens (tertiary/aromatic N) is 2. The molecule has 3 rings (SSSR count). The molecule has 186 valence electrons. The van der Waals surface area contributed by atoms with Crippen molar-refractivity contribution in [2.45, 2.75) is 58.6 Å². The van der Waals surface area contributed by atoms with Crippen LogP contribution >= 0.6 is 7.75 Å². The molecule has 1 aromatic heterocycles. The van der Waals surface area contributed by atoms with Gasteiger partial charge in [-0.25, -0.2) is 9.36 Å². The Labute approximate surface area is 198 Å². The fraction of sp³-hybridized carbons (Fsp3) is 0.500. The van der Waals surface area contributed by atoms with Gasteiger partial charge in [0.2, 0.25) is 0 Å². The van der Waals surface area contributed by atoms with Crippen LogP contribution < -0.4 is 21.0 Å². The molecule has 1 aliphatic rings. The Bertz CT molecular complexity index is 1080. The molecule has 0 bridgehead atoms. The minimum atomic E-state index is -4.00. The lowest BCUT2D eigenvalue weighted by molar-refractivity contribution is -0.149. The summed E-state index contributed by atoms with van der Waals surface area (Å²) in [6.45, 7) is 6.78. The topological polar surface area (TPSA) is 144 Å². The average molecular weight is 494 g/mol. The van der Waals surface area contributed by atoms with Crippen LogP contribution in [-0.2, 0) is 23.4 Å². The summed E-state index contributed by atoms with van der Waals surface area (Å²) in [7, 11) is -4.00. The predicted molar refractivity (Wildman–Crippen MR) is 125 cm³/mol. The van der Waals surface area contributed by atoms with Gasteiger partial charge in [0, 0.05) is 12.1 Å². The molecular formula is C22H31N4O7P. The van der Waals surface area contributed by atoms with Crippen LogP contribution in [0, 0.1) is 5.92 Å². The number of esters is 1. The number of hydrogen-bond acceptors (Lipinski definition) is 9. The Morgan fingerprint density at radius 2 is 2.00 bits per heavy atom. The van der Waals surface area contributed by atoms with E-state index >= 15 is 0 Å². The van der Waals surface area contributed by atoms with Gasteiger partial charge in [-0.2, -0.15) is 10.1 Å². The molecule has 0 amide bonds. The number of anilines is 1. The second-order valence-electron chi connectivity index (χ2n) is 8.44. The summed E-state index contributed by atoms with van der Waals surface area (Å²) in [6, 6.07) is 9.05. The molecule has 5 atom stereocenters. The zero-order valence-corrected chi connectivity index (χ0v) is 20.5. The van der Waals surface area contributed by atoms with Crippen molar-refractivity contribution in [2.24, 2.45) is 5.92 Å². The van der Waals surface area contributed by atoms with E-state index in [-0.39, 0.29) is 24.4 Å². The Hall–Kier alpha value is -2.72. The number of nitrogens with two attached hydrogens (primary N) is 1. The molecule has 0 aliphatic carbocycles. The molecule has 2 heterocycles. The first-order chi connectivity index (χ1) is 16.1. The summed E-state index contributed by atoms with van der Waals surface area (Å²) in [4.78, 5) is 28.2. The molecule has 0 radical (unpaired) electrons. The summed E-state index contributed by atoms with van der Waals surface area (Å²) in [5.41, 5.74) is 5.05. The van der Waals surface area contributed by atoms with Gasteiger partial charge in [-0.3, -0.25) is 13.9 Å². The van der Waals surface area contributed by atoms with Gasteiger partial charge in [-0.1, -0.05) is 25.1 Å². The maximum atomic E-state index is 13.6. The van der Waals surface area contributed by atoms with Gasteiger partial charge in [0.15, 0.2) is 0 Å². The molecule has 2 aromatic rings. The normalized spacial score (nSPS) is 22.8. The highest BCUT2D eigenvalue weighted by Gasteiger charge is 2.38. The number of benzene rings is 1. The summed E-state index contributed by atoms with van der Waals surface area (Å²) in [5, 5.41) is 2.64. The number of hydrogen-bond donors (Lipinski definition) is 2. The zero-order valence-electron chi connectivity index (χ0n) is 19.6. The van der Waals surface area contributed by atoms with E-state index in [9.17, 15) is 14.2 Å². The van der Waals surface area contributed by atoms with Crippen molar-refractivity contribution >= 4 is 19.5 Å². The van der Waals surface area contributed by atoms with Gasteiger partial charge < -0.3 is 19.7 Å². The largest absolute Gasteiger partial charge is 0.462 e. The number of para-hydroxylation sites is 1. The minimum Gasteiger partial charge on any atom is -0.462 e.